The second-order valence-electron chi connectivity index (χ2n) is 3.58. The van der Waals surface area contributed by atoms with Crippen molar-refractivity contribution >= 4 is 0 Å². The third kappa shape index (κ3) is 2.96. The Kier molecular flexibility index (Phi) is 3.59. The van der Waals surface area contributed by atoms with Crippen molar-refractivity contribution in [2.24, 2.45) is 0 Å². The Morgan fingerprint density at radius 1 is 1.18 bits per heavy atom. The van der Waals surface area contributed by atoms with E-state index in [9.17, 15) is 4.39 Å². The normalized spacial score (nSPS) is 10.1. The summed E-state index contributed by atoms with van der Waals surface area (Å²) >= 11 is 0. The predicted octanol–water partition coefficient (Wildman–Crippen LogP) is 2.81. The van der Waals surface area contributed by atoms with Crippen molar-refractivity contribution in [1.82, 2.24) is 5.32 Å². The molecule has 3 heteroatoms. The lowest BCUT2D eigenvalue weighted by molar-refractivity contribution is 0.502. The van der Waals surface area contributed by atoms with E-state index in [1.165, 1.54) is 12.1 Å². The fraction of sp³-hybridized carbons (Fsp3) is 0.143. The first-order valence-corrected chi connectivity index (χ1v) is 5.28. The predicted molar refractivity (Wildman–Crippen MR) is 64.6 cm³/mol. The number of nitrogens with one attached hydrogen (secondary N) is 1. The third-order valence-electron chi connectivity index (χ3n) is 2.32. The van der Waals surface area contributed by atoms with Crippen LogP contribution in [0.4, 0.5) is 4.39 Å². The maximum absolute atomic E-state index is 12.8. The number of hydrogen-bond acceptors (Lipinski definition) is 2. The van der Waals surface area contributed by atoms with Gasteiger partial charge in [0.05, 0.1) is 13.1 Å². The van der Waals surface area contributed by atoms with E-state index < -0.39 is 0 Å². The molecule has 0 bridgehead atoms. The zero-order valence-corrected chi connectivity index (χ0v) is 9.24. The van der Waals surface area contributed by atoms with E-state index in [4.69, 9.17) is 10.8 Å². The van der Waals surface area contributed by atoms with Gasteiger partial charge in [-0.15, -0.1) is 6.42 Å². The summed E-state index contributed by atoms with van der Waals surface area (Å²) in [5, 5.41) is 3.04. The highest BCUT2D eigenvalue weighted by Gasteiger charge is 2.04. The Hall–Kier alpha value is -2.05. The Bertz CT molecular complexity index is 522. The highest BCUT2D eigenvalue weighted by atomic mass is 19.1. The molecule has 1 N–H and O–H groups in total. The van der Waals surface area contributed by atoms with Crippen LogP contribution in [0, 0.1) is 18.2 Å². The molecule has 0 unspecified atom stereocenters. The molecule has 0 amide bonds. The van der Waals surface area contributed by atoms with Crippen molar-refractivity contribution in [3.05, 3.63) is 48.0 Å². The summed E-state index contributed by atoms with van der Waals surface area (Å²) in [6.07, 6.45) is 5.12. The number of terminal acetylenes is 1. The molecule has 0 fully saturated rings. The lowest BCUT2D eigenvalue weighted by atomic mass is 10.2. The lowest BCUT2D eigenvalue weighted by Crippen LogP contribution is -2.12. The first-order chi connectivity index (χ1) is 8.29. The van der Waals surface area contributed by atoms with Crippen LogP contribution >= 0.6 is 0 Å². The standard InChI is InChI=1S/C14H12FNO/c1-2-9-16-10-13-7-8-14(17-13)11-3-5-12(15)6-4-11/h1,3-8,16H,9-10H2. The van der Waals surface area contributed by atoms with Gasteiger partial charge in [-0.1, -0.05) is 5.92 Å². The maximum atomic E-state index is 12.8. The molecule has 1 aromatic carbocycles. The first kappa shape index (κ1) is 11.4. The van der Waals surface area contributed by atoms with Gasteiger partial charge >= 0.3 is 0 Å². The zero-order chi connectivity index (χ0) is 12.1. The summed E-state index contributed by atoms with van der Waals surface area (Å²) in [4.78, 5) is 0. The first-order valence-electron chi connectivity index (χ1n) is 5.28. The average molecular weight is 229 g/mol. The van der Waals surface area contributed by atoms with E-state index >= 15 is 0 Å². The van der Waals surface area contributed by atoms with Gasteiger partial charge in [0.15, 0.2) is 0 Å². The van der Waals surface area contributed by atoms with Crippen molar-refractivity contribution in [2.75, 3.05) is 6.54 Å². The zero-order valence-electron chi connectivity index (χ0n) is 9.24. The fourth-order valence-electron chi connectivity index (χ4n) is 1.50. The molecule has 0 atom stereocenters. The van der Waals surface area contributed by atoms with Crippen LogP contribution < -0.4 is 5.32 Å². The van der Waals surface area contributed by atoms with Crippen molar-refractivity contribution in [3.8, 4) is 23.7 Å². The summed E-state index contributed by atoms with van der Waals surface area (Å²) in [7, 11) is 0. The second-order valence-corrected chi connectivity index (χ2v) is 3.58. The Morgan fingerprint density at radius 3 is 2.65 bits per heavy atom. The molecule has 17 heavy (non-hydrogen) atoms. The van der Waals surface area contributed by atoms with Gasteiger partial charge in [0.25, 0.3) is 0 Å². The molecule has 0 saturated heterocycles. The van der Waals surface area contributed by atoms with Crippen LogP contribution in [0.25, 0.3) is 11.3 Å². The van der Waals surface area contributed by atoms with Crippen molar-refractivity contribution in [2.45, 2.75) is 6.54 Å². The quantitative estimate of drug-likeness (QED) is 0.644. The summed E-state index contributed by atoms with van der Waals surface area (Å²) in [5.74, 6) is 3.76. The second kappa shape index (κ2) is 5.33. The fourth-order valence-corrected chi connectivity index (χ4v) is 1.50. The van der Waals surface area contributed by atoms with Gasteiger partial charge < -0.3 is 4.42 Å². The van der Waals surface area contributed by atoms with Crippen LogP contribution in [0.2, 0.25) is 0 Å². The molecule has 0 aliphatic rings. The minimum absolute atomic E-state index is 0.254. The molecule has 0 spiro atoms. The number of furan rings is 1. The third-order valence-corrected chi connectivity index (χ3v) is 2.32. The topological polar surface area (TPSA) is 25.2 Å². The molecule has 0 aliphatic carbocycles. The molecule has 0 aliphatic heterocycles. The minimum Gasteiger partial charge on any atom is -0.460 e. The molecule has 1 aromatic heterocycles. The molecular formula is C14H12FNO. The SMILES string of the molecule is C#CCNCc1ccc(-c2ccc(F)cc2)o1. The number of hydrogen-bond donors (Lipinski definition) is 1. The number of rotatable bonds is 4. The van der Waals surface area contributed by atoms with Gasteiger partial charge in [-0.25, -0.2) is 4.39 Å². The Morgan fingerprint density at radius 2 is 1.94 bits per heavy atom. The van der Waals surface area contributed by atoms with E-state index in [2.05, 4.69) is 11.2 Å². The molecule has 0 radical (unpaired) electrons. The lowest BCUT2D eigenvalue weighted by Gasteiger charge is -1.98. The van der Waals surface area contributed by atoms with E-state index in [0.29, 0.717) is 13.1 Å². The Balaban J connectivity index is 2.08. The van der Waals surface area contributed by atoms with Crippen LogP contribution in [0.15, 0.2) is 40.8 Å². The molecule has 86 valence electrons. The van der Waals surface area contributed by atoms with Gasteiger partial charge in [-0.2, -0.15) is 0 Å². The highest BCUT2D eigenvalue weighted by molar-refractivity contribution is 5.57. The number of benzene rings is 1. The minimum atomic E-state index is -0.254. The largest absolute Gasteiger partial charge is 0.460 e. The maximum Gasteiger partial charge on any atom is 0.134 e. The van der Waals surface area contributed by atoms with Crippen LogP contribution in [-0.4, -0.2) is 6.54 Å². The molecule has 1 heterocycles. The van der Waals surface area contributed by atoms with Gasteiger partial charge in [-0.05, 0) is 36.4 Å². The molecule has 0 saturated carbocycles. The van der Waals surface area contributed by atoms with Crippen LogP contribution in [0.1, 0.15) is 5.76 Å². The van der Waals surface area contributed by atoms with Gasteiger partial charge in [0.2, 0.25) is 0 Å². The highest BCUT2D eigenvalue weighted by Crippen LogP contribution is 2.22. The Labute approximate surface area is 99.5 Å². The summed E-state index contributed by atoms with van der Waals surface area (Å²) < 4.78 is 18.4. The monoisotopic (exact) mass is 229 g/mol. The van der Waals surface area contributed by atoms with Crippen molar-refractivity contribution in [3.63, 3.8) is 0 Å². The van der Waals surface area contributed by atoms with E-state index in [-0.39, 0.29) is 5.82 Å². The summed E-state index contributed by atoms with van der Waals surface area (Å²) in [6, 6.07) is 9.93. The van der Waals surface area contributed by atoms with Crippen LogP contribution in [0.3, 0.4) is 0 Å². The molecular weight excluding hydrogens is 217 g/mol. The van der Waals surface area contributed by atoms with Gasteiger partial charge in [0.1, 0.15) is 17.3 Å². The van der Waals surface area contributed by atoms with Gasteiger partial charge in [-0.3, -0.25) is 5.32 Å². The van der Waals surface area contributed by atoms with Crippen LogP contribution in [0.5, 0.6) is 0 Å². The molecule has 2 aromatic rings. The van der Waals surface area contributed by atoms with E-state index in [1.54, 1.807) is 12.1 Å². The van der Waals surface area contributed by atoms with Crippen LogP contribution in [-0.2, 0) is 6.54 Å². The van der Waals surface area contributed by atoms with E-state index in [0.717, 1.165) is 17.1 Å². The summed E-state index contributed by atoms with van der Waals surface area (Å²) in [6.45, 7) is 1.10. The average Bonchev–Trinajstić information content (AvgIpc) is 2.79. The van der Waals surface area contributed by atoms with Crippen molar-refractivity contribution < 1.29 is 8.81 Å². The van der Waals surface area contributed by atoms with E-state index in [1.807, 2.05) is 12.1 Å². The molecule has 2 nitrogen and oxygen atoms in total. The van der Waals surface area contributed by atoms with Gasteiger partial charge in [0, 0.05) is 5.56 Å². The van der Waals surface area contributed by atoms with Crippen molar-refractivity contribution in [1.29, 1.82) is 0 Å². The summed E-state index contributed by atoms with van der Waals surface area (Å²) in [5.41, 5.74) is 0.856. The smallest absolute Gasteiger partial charge is 0.134 e. The number of halogens is 1. The molecule has 2 rings (SSSR count).